The third-order valence-electron chi connectivity index (χ3n) is 20.2. The van der Waals surface area contributed by atoms with Gasteiger partial charge in [0.2, 0.25) is 11.8 Å². The quantitative estimate of drug-likeness (QED) is 0.0715. The number of hydrogen-bond donors (Lipinski definition) is 2. The lowest BCUT2D eigenvalue weighted by atomic mass is 9.91. The molecule has 96 heavy (non-hydrogen) atoms. The van der Waals surface area contributed by atoms with E-state index < -0.39 is 41.1 Å². The maximum absolute atomic E-state index is 17.9. The van der Waals surface area contributed by atoms with Crippen LogP contribution < -0.4 is 24.6 Å². The van der Waals surface area contributed by atoms with Crippen molar-refractivity contribution in [3.8, 4) is 33.5 Å². The first-order chi connectivity index (χ1) is 46.2. The summed E-state index contributed by atoms with van der Waals surface area (Å²) in [5, 5.41) is 20.5. The zero-order valence-corrected chi connectivity index (χ0v) is 57.0. The molecule has 7 aromatic rings. The molecule has 0 spiro atoms. The molecule has 2 bridgehead atoms. The van der Waals surface area contributed by atoms with Gasteiger partial charge in [-0.25, -0.2) is 19.0 Å². The highest BCUT2D eigenvalue weighted by atomic mass is 32.1. The van der Waals surface area contributed by atoms with Gasteiger partial charge in [-0.3, -0.25) is 24.4 Å². The van der Waals surface area contributed by atoms with Crippen molar-refractivity contribution in [3.05, 3.63) is 101 Å². The van der Waals surface area contributed by atoms with Crippen LogP contribution in [0.2, 0.25) is 0 Å². The molecule has 0 radical (unpaired) electrons. The van der Waals surface area contributed by atoms with Crippen LogP contribution in [-0.2, 0) is 30.2 Å². The highest BCUT2D eigenvalue weighted by Crippen LogP contribution is 2.45. The number of pyridine rings is 1. The molecule has 6 saturated heterocycles. The van der Waals surface area contributed by atoms with Crippen LogP contribution in [0.1, 0.15) is 128 Å². The number of amides is 4. The Morgan fingerprint density at radius 1 is 0.896 bits per heavy atom. The van der Waals surface area contributed by atoms with Crippen molar-refractivity contribution in [2.75, 3.05) is 89.3 Å². The normalized spacial score (nSPS) is 22.7. The number of methoxy groups -OCH3 is 1. The van der Waals surface area contributed by atoms with Crippen LogP contribution in [0.5, 0.6) is 11.8 Å². The Labute approximate surface area is 562 Å². The van der Waals surface area contributed by atoms with E-state index in [0.29, 0.717) is 79.8 Å². The van der Waals surface area contributed by atoms with Crippen LogP contribution >= 0.6 is 11.3 Å². The number of rotatable bonds is 19. The van der Waals surface area contributed by atoms with Crippen molar-refractivity contribution >= 4 is 68.6 Å². The van der Waals surface area contributed by atoms with Gasteiger partial charge in [0.05, 0.1) is 51.2 Å². The Kier molecular flexibility index (Phi) is 18.9. The maximum atomic E-state index is 17.9. The number of aryl methyl sites for hydroxylation is 2. The van der Waals surface area contributed by atoms with Crippen molar-refractivity contribution in [1.82, 2.24) is 50.0 Å². The van der Waals surface area contributed by atoms with Gasteiger partial charge in [0, 0.05) is 83.2 Å². The van der Waals surface area contributed by atoms with Crippen LogP contribution in [0.15, 0.2) is 76.9 Å². The number of piperazine rings is 2. The van der Waals surface area contributed by atoms with Gasteiger partial charge in [0.15, 0.2) is 24.2 Å². The number of carbonyl (C=O) groups excluding carboxylic acids is 4. The minimum Gasteiger partial charge on any atom is -0.468 e. The summed E-state index contributed by atoms with van der Waals surface area (Å²) >= 11 is 1.58. The monoisotopic (exact) mass is 1330 g/mol. The predicted octanol–water partition coefficient (Wildman–Crippen LogP) is 10.5. The highest BCUT2D eigenvalue weighted by Gasteiger charge is 2.51. The number of fused-ring (bicyclic) bond motifs is 5. The Balaban J connectivity index is 0.658. The Bertz CT molecular complexity index is 4010. The van der Waals surface area contributed by atoms with E-state index in [9.17, 15) is 24.3 Å². The van der Waals surface area contributed by atoms with Gasteiger partial charge in [-0.1, -0.05) is 68.4 Å². The topological polar surface area (TPSA) is 244 Å². The minimum atomic E-state index is -0.877. The predicted molar refractivity (Wildman–Crippen MR) is 361 cm³/mol. The number of aliphatic hydroxyl groups is 1. The number of aliphatic hydroxyl groups excluding tert-OH is 1. The Morgan fingerprint density at radius 3 is 2.38 bits per heavy atom. The maximum Gasteiger partial charge on any atom is 0.410 e. The zero-order valence-electron chi connectivity index (χ0n) is 56.2. The molecule has 2 unspecified atom stereocenters. The molecule has 25 heteroatoms. The largest absolute Gasteiger partial charge is 0.468 e. The molecule has 23 nitrogen and oxygen atoms in total. The molecule has 13 rings (SSSR count). The van der Waals surface area contributed by atoms with Crippen molar-refractivity contribution in [3.63, 3.8) is 0 Å². The highest BCUT2D eigenvalue weighted by molar-refractivity contribution is 7.13. The standard InChI is InChI=1S/C71H87FN12O11S/c1-10-44-13-11-14-47-29-52(93-40-90-9)31-53(59(44)47)61-60(72)62-54(33-73-61)64(81-34-48-19-20-49(35-81)84(48)69(89)94-70(6,7)8)77-67(76-62)92-38-71-22-12-24-83(71)50(21-23-71)37-91-68(88)80-27-25-79(26-28-80)57-32-56(95-78-57)58(41(2)3)66(87)82-36-51(85)30-55(82)65(86)75-42(4)45-15-17-46(18-16-45)63-43(5)74-39-96-63/h11,13-18,29,31-33,39,41-42,48-51,55,58,85H,10,12,19-28,30,34-38,40H2,1-9H3,(H,75,86)/t42-,48?,49?,50-,51+,55-,58+,71+/m0/s1. The molecule has 6 fully saturated rings. The van der Waals surface area contributed by atoms with Gasteiger partial charge in [0.1, 0.15) is 53.6 Å². The summed E-state index contributed by atoms with van der Waals surface area (Å²) < 4.78 is 53.8. The third-order valence-corrected chi connectivity index (χ3v) is 21.2. The van der Waals surface area contributed by atoms with E-state index in [4.69, 9.17) is 43.2 Å². The molecule has 10 heterocycles. The molecular weight excluding hydrogens is 1250 g/mol. The molecule has 0 saturated carbocycles. The Hall–Kier alpha value is -8.26. The first kappa shape index (κ1) is 66.4. The van der Waals surface area contributed by atoms with E-state index in [1.54, 1.807) is 41.7 Å². The van der Waals surface area contributed by atoms with E-state index in [2.05, 4.69) is 32.2 Å². The minimum absolute atomic E-state index is 0.00504. The van der Waals surface area contributed by atoms with E-state index in [0.717, 1.165) is 83.1 Å². The molecule has 6 aliphatic heterocycles. The van der Waals surface area contributed by atoms with Gasteiger partial charge < -0.3 is 58.2 Å². The number of β-amino-alcohol motifs (C(OH)–C–C–N with tert-alkyl or cyclic N) is 1. The van der Waals surface area contributed by atoms with Gasteiger partial charge in [-0.15, -0.1) is 11.3 Å². The van der Waals surface area contributed by atoms with Crippen LogP contribution in [0.4, 0.5) is 25.6 Å². The molecule has 3 aromatic carbocycles. The second-order valence-electron chi connectivity index (χ2n) is 28.0. The van der Waals surface area contributed by atoms with Crippen molar-refractivity contribution in [1.29, 1.82) is 0 Å². The molecular formula is C71H87FN12O11S. The lowest BCUT2D eigenvalue weighted by Crippen LogP contribution is -2.57. The second-order valence-corrected chi connectivity index (χ2v) is 28.8. The van der Waals surface area contributed by atoms with E-state index >= 15 is 4.39 Å². The molecule has 2 N–H and O–H groups in total. The molecule has 4 amide bonds. The number of aromatic nitrogens is 5. The summed E-state index contributed by atoms with van der Waals surface area (Å²) in [7, 11) is 1.55. The summed E-state index contributed by atoms with van der Waals surface area (Å²) in [6.45, 7) is 19.1. The molecule has 8 atom stereocenters. The number of likely N-dealkylation sites (tertiary alicyclic amines) is 1. The van der Waals surface area contributed by atoms with E-state index in [-0.39, 0.29) is 98.2 Å². The van der Waals surface area contributed by atoms with Crippen molar-refractivity contribution < 1.29 is 56.9 Å². The van der Waals surface area contributed by atoms with Crippen molar-refractivity contribution in [2.45, 2.75) is 160 Å². The first-order valence-electron chi connectivity index (χ1n) is 33.8. The smallest absolute Gasteiger partial charge is 0.410 e. The number of hydrogen-bond acceptors (Lipinski definition) is 20. The number of nitrogens with zero attached hydrogens (tertiary/aromatic N) is 11. The zero-order chi connectivity index (χ0) is 67.3. The van der Waals surface area contributed by atoms with Gasteiger partial charge in [0.25, 0.3) is 0 Å². The third kappa shape index (κ3) is 13.2. The second kappa shape index (κ2) is 27.3. The molecule has 510 valence electrons. The number of ether oxygens (including phenoxy) is 5. The number of halogens is 1. The molecule has 6 aliphatic rings. The number of benzene rings is 3. The van der Waals surface area contributed by atoms with Gasteiger partial charge >= 0.3 is 18.2 Å². The lowest BCUT2D eigenvalue weighted by Gasteiger charge is -2.42. The fourth-order valence-electron chi connectivity index (χ4n) is 15.4. The number of anilines is 2. The van der Waals surface area contributed by atoms with Crippen LogP contribution in [0.25, 0.3) is 43.4 Å². The van der Waals surface area contributed by atoms with Gasteiger partial charge in [-0.2, -0.15) is 9.97 Å². The SMILES string of the molecule is CCc1cccc2cc(OCOC)cc(-c3ncc4c(N5CC6CCC(C5)N6C(=O)OC(C)(C)C)nc(OC[C@]56CCCN5[C@H](COC(=O)N5CCN(c7cc([C@H](C(=O)N8C[C@H](O)C[C@H]8C(=O)N[C@@H](C)c8ccc(-c9scnc9C)cc8)C(C)C)on7)CC5)CC6)nc4c3F)c12. The van der Waals surface area contributed by atoms with E-state index in [1.807, 2.05) is 112 Å². The van der Waals surface area contributed by atoms with Crippen LogP contribution in [0, 0.1) is 18.7 Å². The summed E-state index contributed by atoms with van der Waals surface area (Å²) in [4.78, 5) is 87.8. The average Bonchev–Trinajstić information content (AvgIpc) is 1.09. The summed E-state index contributed by atoms with van der Waals surface area (Å²) in [5.74, 6) is -0.421. The van der Waals surface area contributed by atoms with E-state index in [1.165, 1.54) is 4.90 Å². The number of nitrogens with one attached hydrogen (secondary N) is 1. The first-order valence-corrected chi connectivity index (χ1v) is 34.7. The average molecular weight is 1340 g/mol. The molecule has 0 aliphatic carbocycles. The Morgan fingerprint density at radius 2 is 1.67 bits per heavy atom. The number of carbonyl (C=O) groups is 4. The summed E-state index contributed by atoms with van der Waals surface area (Å²) in [6, 6.07) is 17.9. The summed E-state index contributed by atoms with van der Waals surface area (Å²) in [6.07, 6.45) is 5.71. The fraction of sp³-hybridized carbons (Fsp3) is 0.535. The number of thiazole rings is 1. The fourth-order valence-corrected chi connectivity index (χ4v) is 16.2. The lowest BCUT2D eigenvalue weighted by molar-refractivity contribution is -0.141. The summed E-state index contributed by atoms with van der Waals surface area (Å²) in [5.41, 5.74) is 5.43. The van der Waals surface area contributed by atoms with Crippen LogP contribution in [-0.4, -0.2) is 195 Å². The van der Waals surface area contributed by atoms with Crippen molar-refractivity contribution in [2.24, 2.45) is 5.92 Å². The van der Waals surface area contributed by atoms with Crippen LogP contribution in [0.3, 0.4) is 0 Å². The molecule has 4 aromatic heterocycles. The van der Waals surface area contributed by atoms with Gasteiger partial charge in [-0.05, 0) is 132 Å².